The number of H-pyrrole nitrogens is 1. The van der Waals surface area contributed by atoms with E-state index in [1.165, 1.54) is 16.6 Å². The molecule has 0 aliphatic heterocycles. The van der Waals surface area contributed by atoms with Gasteiger partial charge in [-0.15, -0.1) is 0 Å². The van der Waals surface area contributed by atoms with Crippen LogP contribution in [0.4, 0.5) is 0 Å². The third-order valence-electron chi connectivity index (χ3n) is 3.98. The topological polar surface area (TPSA) is 114 Å². The first-order valence-electron chi connectivity index (χ1n) is 8.32. The predicted octanol–water partition coefficient (Wildman–Crippen LogP) is -0.0549. The Kier molecular flexibility index (Phi) is 4.97. The second-order valence-corrected chi connectivity index (χ2v) is 6.08. The van der Waals surface area contributed by atoms with Gasteiger partial charge in [0.05, 0.1) is 6.42 Å². The largest absolute Gasteiger partial charge is 0.356 e. The van der Waals surface area contributed by atoms with Crippen molar-refractivity contribution in [2.45, 2.75) is 33.2 Å². The highest BCUT2D eigenvalue weighted by Crippen LogP contribution is 1.98. The van der Waals surface area contributed by atoms with E-state index < -0.39 is 0 Å². The lowest BCUT2D eigenvalue weighted by molar-refractivity contribution is -0.120. The molecule has 26 heavy (non-hydrogen) atoms. The minimum absolute atomic E-state index is 0.0200. The average Bonchev–Trinajstić information content (AvgIpc) is 2.96. The molecule has 0 atom stereocenters. The van der Waals surface area contributed by atoms with Gasteiger partial charge in [-0.1, -0.05) is 6.07 Å². The lowest BCUT2D eigenvalue weighted by Gasteiger charge is -2.09. The number of aromatic nitrogens is 5. The number of pyridine rings is 1. The normalized spacial score (nSPS) is 11.0. The number of hydrogen-bond acceptors (Lipinski definition) is 5. The van der Waals surface area contributed by atoms with E-state index in [1.54, 1.807) is 17.6 Å². The van der Waals surface area contributed by atoms with Crippen LogP contribution in [0.5, 0.6) is 0 Å². The molecule has 0 bridgehead atoms. The highest BCUT2D eigenvalue weighted by Gasteiger charge is 2.10. The number of hydrogen-bond donors (Lipinski definition) is 2. The number of aromatic amines is 1. The van der Waals surface area contributed by atoms with Gasteiger partial charge in [-0.3, -0.25) is 19.5 Å². The Morgan fingerprint density at radius 3 is 2.77 bits per heavy atom. The zero-order chi connectivity index (χ0) is 18.7. The van der Waals surface area contributed by atoms with Crippen LogP contribution in [0, 0.1) is 13.8 Å². The Labute approximate surface area is 148 Å². The molecule has 9 heteroatoms. The summed E-state index contributed by atoms with van der Waals surface area (Å²) >= 11 is 0. The number of amides is 1. The molecule has 3 aromatic heterocycles. The van der Waals surface area contributed by atoms with Gasteiger partial charge in [0.25, 0.3) is 16.9 Å². The number of carbonyl (C=O) groups is 1. The van der Waals surface area contributed by atoms with E-state index >= 15 is 0 Å². The van der Waals surface area contributed by atoms with E-state index in [0.29, 0.717) is 31.0 Å². The number of rotatable bonds is 6. The quantitative estimate of drug-likeness (QED) is 0.601. The number of nitrogens with one attached hydrogen (secondary N) is 2. The molecule has 0 spiro atoms. The van der Waals surface area contributed by atoms with Crippen molar-refractivity contribution in [2.24, 2.45) is 0 Å². The summed E-state index contributed by atoms with van der Waals surface area (Å²) in [4.78, 5) is 43.9. The van der Waals surface area contributed by atoms with Gasteiger partial charge in [0.2, 0.25) is 5.91 Å². The summed E-state index contributed by atoms with van der Waals surface area (Å²) in [6, 6.07) is 6.51. The molecular formula is C17H20N6O3. The molecule has 136 valence electrons. The number of nitrogens with zero attached hydrogens (tertiary/aromatic N) is 4. The second kappa shape index (κ2) is 7.34. The van der Waals surface area contributed by atoms with E-state index in [1.807, 2.05) is 13.0 Å². The molecule has 0 saturated heterocycles. The Hall–Kier alpha value is -3.23. The molecule has 3 heterocycles. The van der Waals surface area contributed by atoms with Gasteiger partial charge in [0.15, 0.2) is 0 Å². The summed E-state index contributed by atoms with van der Waals surface area (Å²) in [7, 11) is 0. The van der Waals surface area contributed by atoms with Crippen molar-refractivity contribution in [1.82, 2.24) is 29.5 Å². The van der Waals surface area contributed by atoms with Gasteiger partial charge < -0.3 is 9.88 Å². The number of carbonyl (C=O) groups excluding carboxylic acids is 1. The summed E-state index contributed by atoms with van der Waals surface area (Å²) in [6.07, 6.45) is 0.656. The third-order valence-corrected chi connectivity index (χ3v) is 3.98. The molecule has 2 N–H and O–H groups in total. The van der Waals surface area contributed by atoms with Crippen LogP contribution in [0.25, 0.3) is 5.78 Å². The molecule has 1 amide bonds. The van der Waals surface area contributed by atoms with Crippen LogP contribution in [0.2, 0.25) is 0 Å². The van der Waals surface area contributed by atoms with Gasteiger partial charge in [-0.2, -0.15) is 9.50 Å². The first kappa shape index (κ1) is 17.6. The SMILES string of the molecule is Cc1cc(=O)n2[nH]c(CC(=O)NCCCn3c(C)cccc3=O)nc2n1. The molecule has 0 radical (unpaired) electrons. The van der Waals surface area contributed by atoms with Gasteiger partial charge >= 0.3 is 0 Å². The van der Waals surface area contributed by atoms with Crippen LogP contribution >= 0.6 is 0 Å². The second-order valence-electron chi connectivity index (χ2n) is 6.08. The number of fused-ring (bicyclic) bond motifs is 1. The average molecular weight is 356 g/mol. The standard InChI is InChI=1S/C17H20N6O3/c1-11-9-16(26)23-17(19-11)20-13(21-23)10-14(24)18-7-4-8-22-12(2)5-3-6-15(22)25/h3,5-6,9H,4,7-8,10H2,1-2H3,(H,18,24)(H,19,20,21). The molecule has 0 aliphatic rings. The fraction of sp³-hybridized carbons (Fsp3) is 0.353. The van der Waals surface area contributed by atoms with E-state index in [4.69, 9.17) is 0 Å². The van der Waals surface area contributed by atoms with E-state index in [2.05, 4.69) is 20.4 Å². The summed E-state index contributed by atoms with van der Waals surface area (Å²) in [5, 5.41) is 5.57. The van der Waals surface area contributed by atoms with Crippen LogP contribution in [0.3, 0.4) is 0 Å². The molecule has 0 saturated carbocycles. The minimum Gasteiger partial charge on any atom is -0.356 e. The highest BCUT2D eigenvalue weighted by atomic mass is 16.2. The summed E-state index contributed by atoms with van der Waals surface area (Å²) in [6.45, 7) is 4.56. The molecule has 3 aromatic rings. The van der Waals surface area contributed by atoms with Crippen LogP contribution in [0.1, 0.15) is 23.6 Å². The van der Waals surface area contributed by atoms with Crippen LogP contribution < -0.4 is 16.4 Å². The van der Waals surface area contributed by atoms with Crippen molar-refractivity contribution in [3.05, 3.63) is 62.2 Å². The van der Waals surface area contributed by atoms with Gasteiger partial charge in [-0.05, 0) is 26.3 Å². The zero-order valence-electron chi connectivity index (χ0n) is 14.7. The van der Waals surface area contributed by atoms with E-state index in [0.717, 1.165) is 5.69 Å². The molecule has 3 rings (SSSR count). The van der Waals surface area contributed by atoms with E-state index in [9.17, 15) is 14.4 Å². The smallest absolute Gasteiger partial charge is 0.274 e. The van der Waals surface area contributed by atoms with Crippen LogP contribution in [-0.4, -0.2) is 36.6 Å². The molecule has 0 aliphatic carbocycles. The summed E-state index contributed by atoms with van der Waals surface area (Å²) in [5.41, 5.74) is 1.14. The Morgan fingerprint density at radius 2 is 2.00 bits per heavy atom. The van der Waals surface area contributed by atoms with Crippen LogP contribution in [-0.2, 0) is 17.8 Å². The Balaban J connectivity index is 1.54. The molecule has 0 unspecified atom stereocenters. The molecule has 0 aromatic carbocycles. The fourth-order valence-corrected chi connectivity index (χ4v) is 2.71. The maximum Gasteiger partial charge on any atom is 0.274 e. The van der Waals surface area contributed by atoms with Crippen molar-refractivity contribution in [3.63, 3.8) is 0 Å². The monoisotopic (exact) mass is 356 g/mol. The lowest BCUT2D eigenvalue weighted by atomic mass is 10.3. The van der Waals surface area contributed by atoms with Crippen LogP contribution in [0.15, 0.2) is 33.9 Å². The molecule has 9 nitrogen and oxygen atoms in total. The summed E-state index contributed by atoms with van der Waals surface area (Å²) in [5.74, 6) is 0.399. The van der Waals surface area contributed by atoms with Crippen molar-refractivity contribution < 1.29 is 4.79 Å². The van der Waals surface area contributed by atoms with Gasteiger partial charge in [-0.25, -0.2) is 4.98 Å². The van der Waals surface area contributed by atoms with Crippen molar-refractivity contribution in [1.29, 1.82) is 0 Å². The maximum absolute atomic E-state index is 12.0. The predicted molar refractivity (Wildman–Crippen MR) is 95.1 cm³/mol. The van der Waals surface area contributed by atoms with Crippen molar-refractivity contribution >= 4 is 11.7 Å². The lowest BCUT2D eigenvalue weighted by Crippen LogP contribution is -2.29. The maximum atomic E-state index is 12.0. The molecular weight excluding hydrogens is 336 g/mol. The minimum atomic E-state index is -0.268. The Bertz CT molecular complexity index is 1060. The zero-order valence-corrected chi connectivity index (χ0v) is 14.7. The van der Waals surface area contributed by atoms with E-state index in [-0.39, 0.29) is 29.2 Å². The Morgan fingerprint density at radius 1 is 1.19 bits per heavy atom. The number of aryl methyl sites for hydroxylation is 2. The van der Waals surface area contributed by atoms with Crippen molar-refractivity contribution in [2.75, 3.05) is 6.54 Å². The van der Waals surface area contributed by atoms with Gasteiger partial charge in [0, 0.05) is 36.6 Å². The first-order chi connectivity index (χ1) is 12.4. The highest BCUT2D eigenvalue weighted by molar-refractivity contribution is 5.77. The third kappa shape index (κ3) is 3.88. The first-order valence-corrected chi connectivity index (χ1v) is 8.32. The summed E-state index contributed by atoms with van der Waals surface area (Å²) < 4.78 is 2.88. The fourth-order valence-electron chi connectivity index (χ4n) is 2.71. The molecule has 0 fully saturated rings. The van der Waals surface area contributed by atoms with Gasteiger partial charge in [0.1, 0.15) is 5.82 Å². The van der Waals surface area contributed by atoms with Crippen molar-refractivity contribution in [3.8, 4) is 0 Å².